The molecule has 0 amide bonds. The highest BCUT2D eigenvalue weighted by molar-refractivity contribution is 5.92. The van der Waals surface area contributed by atoms with E-state index in [2.05, 4.69) is 0 Å². The van der Waals surface area contributed by atoms with E-state index in [0.717, 1.165) is 11.1 Å². The first kappa shape index (κ1) is 16.5. The number of carboxylic acids is 1. The number of hydrogen-bond acceptors (Lipinski definition) is 2. The van der Waals surface area contributed by atoms with Crippen molar-refractivity contribution in [1.29, 1.82) is 5.26 Å². The largest absolute Gasteiger partial charge is 0.477 e. The van der Waals surface area contributed by atoms with Crippen LogP contribution in [0.5, 0.6) is 0 Å². The number of nitriles is 1. The molecule has 2 unspecified atom stereocenters. The average Bonchev–Trinajstić information content (AvgIpc) is 2.59. The molecule has 2 aromatic rings. The third kappa shape index (κ3) is 3.67. The smallest absolute Gasteiger partial charge is 0.346 e. The Morgan fingerprint density at radius 2 is 1.30 bits per heavy atom. The van der Waals surface area contributed by atoms with Gasteiger partial charge in [0, 0.05) is 11.8 Å². The molecule has 0 spiro atoms. The van der Waals surface area contributed by atoms with Gasteiger partial charge in [-0.25, -0.2) is 4.79 Å². The second-order valence-electron chi connectivity index (χ2n) is 5.51. The summed E-state index contributed by atoms with van der Waals surface area (Å²) >= 11 is 0. The fraction of sp³-hybridized carbons (Fsp3) is 0.200. The molecule has 0 saturated carbocycles. The summed E-state index contributed by atoms with van der Waals surface area (Å²) in [4.78, 5) is 11.6. The van der Waals surface area contributed by atoms with Crippen molar-refractivity contribution in [2.45, 2.75) is 25.7 Å². The molecule has 116 valence electrons. The van der Waals surface area contributed by atoms with Crippen molar-refractivity contribution in [3.05, 3.63) is 82.9 Å². The van der Waals surface area contributed by atoms with Crippen LogP contribution in [0.3, 0.4) is 0 Å². The number of carbonyl (C=O) groups is 1. The zero-order valence-corrected chi connectivity index (χ0v) is 13.2. The lowest BCUT2D eigenvalue weighted by Gasteiger charge is -2.24. The minimum absolute atomic E-state index is 0.155. The molecule has 0 heterocycles. The second-order valence-corrected chi connectivity index (χ2v) is 5.51. The van der Waals surface area contributed by atoms with Gasteiger partial charge >= 0.3 is 5.97 Å². The molecule has 2 aromatic carbocycles. The molecule has 0 aromatic heterocycles. The zero-order chi connectivity index (χ0) is 16.8. The Morgan fingerprint density at radius 3 is 1.61 bits per heavy atom. The van der Waals surface area contributed by atoms with Crippen LogP contribution in [0.15, 0.2) is 71.8 Å². The molecule has 23 heavy (non-hydrogen) atoms. The first-order valence-electron chi connectivity index (χ1n) is 7.53. The normalized spacial score (nSPS) is 12.7. The first-order chi connectivity index (χ1) is 11.1. The Kier molecular flexibility index (Phi) is 5.32. The lowest BCUT2D eigenvalue weighted by atomic mass is 9.79. The van der Waals surface area contributed by atoms with Gasteiger partial charge in [-0.1, -0.05) is 74.5 Å². The summed E-state index contributed by atoms with van der Waals surface area (Å²) in [5.41, 5.74) is 2.47. The molecule has 0 saturated heterocycles. The van der Waals surface area contributed by atoms with Gasteiger partial charge in [0.1, 0.15) is 11.6 Å². The molecule has 2 atom stereocenters. The average molecular weight is 305 g/mol. The summed E-state index contributed by atoms with van der Waals surface area (Å²) in [7, 11) is 0. The van der Waals surface area contributed by atoms with E-state index in [4.69, 9.17) is 0 Å². The van der Waals surface area contributed by atoms with Crippen LogP contribution in [0.4, 0.5) is 0 Å². The highest BCUT2D eigenvalue weighted by Crippen LogP contribution is 2.37. The van der Waals surface area contributed by atoms with Crippen LogP contribution in [-0.2, 0) is 4.79 Å². The van der Waals surface area contributed by atoms with Crippen molar-refractivity contribution in [1.82, 2.24) is 0 Å². The van der Waals surface area contributed by atoms with E-state index >= 15 is 0 Å². The van der Waals surface area contributed by atoms with Crippen molar-refractivity contribution in [3.63, 3.8) is 0 Å². The van der Waals surface area contributed by atoms with Gasteiger partial charge in [-0.15, -0.1) is 0 Å². The van der Waals surface area contributed by atoms with Crippen molar-refractivity contribution in [2.24, 2.45) is 0 Å². The number of benzene rings is 2. The summed E-state index contributed by atoms with van der Waals surface area (Å²) in [5.74, 6) is -1.48. The molecule has 0 aliphatic rings. The van der Waals surface area contributed by atoms with Gasteiger partial charge in [0.25, 0.3) is 0 Å². The van der Waals surface area contributed by atoms with Crippen LogP contribution in [0.1, 0.15) is 36.8 Å². The van der Waals surface area contributed by atoms with Gasteiger partial charge in [0.05, 0.1) is 0 Å². The SMILES string of the molecule is CC(C(=C(C#N)C(=O)O)C(C)c1ccccc1)c1ccccc1. The number of hydrogen-bond donors (Lipinski definition) is 1. The van der Waals surface area contributed by atoms with Crippen molar-refractivity contribution in [2.75, 3.05) is 0 Å². The molecule has 0 aliphatic heterocycles. The molecular weight excluding hydrogens is 286 g/mol. The standard InChI is InChI=1S/C20H19NO2/c1-14(16-9-5-3-6-10-16)19(18(13-21)20(22)23)15(2)17-11-7-4-8-12-17/h3-12,14-15H,1-2H3,(H,22,23). The Labute approximate surface area is 136 Å². The molecule has 3 nitrogen and oxygen atoms in total. The summed E-state index contributed by atoms with van der Waals surface area (Å²) in [6.45, 7) is 3.90. The molecule has 3 heteroatoms. The molecule has 0 fully saturated rings. The fourth-order valence-electron chi connectivity index (χ4n) is 2.89. The van der Waals surface area contributed by atoms with Gasteiger partial charge < -0.3 is 5.11 Å². The van der Waals surface area contributed by atoms with Gasteiger partial charge in [-0.2, -0.15) is 5.26 Å². The van der Waals surface area contributed by atoms with Gasteiger partial charge in [-0.3, -0.25) is 0 Å². The third-order valence-corrected chi connectivity index (χ3v) is 4.15. The van der Waals surface area contributed by atoms with Crippen molar-refractivity contribution < 1.29 is 9.90 Å². The topological polar surface area (TPSA) is 61.1 Å². The fourth-order valence-corrected chi connectivity index (χ4v) is 2.89. The van der Waals surface area contributed by atoms with E-state index in [0.29, 0.717) is 5.57 Å². The minimum atomic E-state index is -1.17. The quantitative estimate of drug-likeness (QED) is 0.653. The van der Waals surface area contributed by atoms with Crippen LogP contribution in [0, 0.1) is 11.3 Å². The Morgan fingerprint density at radius 1 is 0.913 bits per heavy atom. The minimum Gasteiger partial charge on any atom is -0.477 e. The lowest BCUT2D eigenvalue weighted by molar-refractivity contribution is -0.132. The van der Waals surface area contributed by atoms with Crippen molar-refractivity contribution >= 4 is 5.97 Å². The van der Waals surface area contributed by atoms with Crippen LogP contribution >= 0.6 is 0 Å². The van der Waals surface area contributed by atoms with Crippen molar-refractivity contribution in [3.8, 4) is 6.07 Å². The highest BCUT2D eigenvalue weighted by atomic mass is 16.4. The van der Waals surface area contributed by atoms with Crippen LogP contribution in [0.2, 0.25) is 0 Å². The summed E-state index contributed by atoms with van der Waals surface area (Å²) < 4.78 is 0. The summed E-state index contributed by atoms with van der Waals surface area (Å²) in [6, 6.07) is 21.2. The van der Waals surface area contributed by atoms with Crippen LogP contribution in [-0.4, -0.2) is 11.1 Å². The molecule has 0 radical (unpaired) electrons. The Balaban J connectivity index is 2.58. The summed E-state index contributed by atoms with van der Waals surface area (Å²) in [5, 5.41) is 18.8. The molecular formula is C20H19NO2. The predicted molar refractivity (Wildman–Crippen MR) is 90.0 cm³/mol. The van der Waals surface area contributed by atoms with E-state index in [1.54, 1.807) is 0 Å². The number of allylic oxidation sites excluding steroid dienone is 1. The lowest BCUT2D eigenvalue weighted by Crippen LogP contribution is -2.13. The molecule has 1 N–H and O–H groups in total. The zero-order valence-electron chi connectivity index (χ0n) is 13.2. The second kappa shape index (κ2) is 7.42. The predicted octanol–water partition coefficient (Wildman–Crippen LogP) is 4.50. The van der Waals surface area contributed by atoms with E-state index < -0.39 is 5.97 Å². The number of rotatable bonds is 5. The Bertz CT molecular complexity index is 695. The first-order valence-corrected chi connectivity index (χ1v) is 7.53. The molecule has 0 aliphatic carbocycles. The Hall–Kier alpha value is -2.86. The summed E-state index contributed by atoms with van der Waals surface area (Å²) in [6.07, 6.45) is 0. The van der Waals surface area contributed by atoms with Gasteiger partial charge in [0.15, 0.2) is 0 Å². The van der Waals surface area contributed by atoms with E-state index in [1.807, 2.05) is 80.6 Å². The van der Waals surface area contributed by atoms with Crippen LogP contribution < -0.4 is 0 Å². The van der Waals surface area contributed by atoms with E-state index in [9.17, 15) is 15.2 Å². The van der Waals surface area contributed by atoms with Gasteiger partial charge in [-0.05, 0) is 16.7 Å². The van der Waals surface area contributed by atoms with E-state index in [-0.39, 0.29) is 17.4 Å². The highest BCUT2D eigenvalue weighted by Gasteiger charge is 2.26. The third-order valence-electron chi connectivity index (χ3n) is 4.15. The molecule has 2 rings (SSSR count). The number of aliphatic carboxylic acids is 1. The van der Waals surface area contributed by atoms with Crippen LogP contribution in [0.25, 0.3) is 0 Å². The van der Waals surface area contributed by atoms with E-state index in [1.165, 1.54) is 0 Å². The van der Waals surface area contributed by atoms with Gasteiger partial charge in [0.2, 0.25) is 0 Å². The maximum absolute atomic E-state index is 11.6. The maximum atomic E-state index is 11.6. The monoisotopic (exact) mass is 305 g/mol. The molecule has 0 bridgehead atoms. The number of nitrogens with zero attached hydrogens (tertiary/aromatic N) is 1. The maximum Gasteiger partial charge on any atom is 0.346 e. The number of carboxylic acid groups (broad SMARTS) is 1.